The van der Waals surface area contributed by atoms with Gasteiger partial charge in [0.15, 0.2) is 0 Å². The summed E-state index contributed by atoms with van der Waals surface area (Å²) in [5.41, 5.74) is 3.69. The number of nitrogens with zero attached hydrogens (tertiary/aromatic N) is 1. The molecule has 1 aromatic rings. The molecule has 2 rings (SSSR count). The van der Waals surface area contributed by atoms with Gasteiger partial charge in [0.25, 0.3) is 0 Å². The molecule has 1 aliphatic heterocycles. The second-order valence-electron chi connectivity index (χ2n) is 5.57. The number of aryl methyl sites for hydroxylation is 2. The molecule has 0 unspecified atom stereocenters. The first kappa shape index (κ1) is 14.6. The monoisotopic (exact) mass is 323 g/mol. The van der Waals surface area contributed by atoms with Crippen LogP contribution in [0.15, 0.2) is 18.2 Å². The molecule has 1 amide bonds. The summed E-state index contributed by atoms with van der Waals surface area (Å²) < 4.78 is 0. The Morgan fingerprint density at radius 1 is 1.26 bits per heavy atom. The van der Waals surface area contributed by atoms with Crippen LogP contribution in [0.25, 0.3) is 0 Å². The average molecular weight is 324 g/mol. The highest BCUT2D eigenvalue weighted by atomic mass is 79.9. The van der Waals surface area contributed by atoms with Crippen molar-refractivity contribution in [2.24, 2.45) is 5.92 Å². The number of halogens is 1. The van der Waals surface area contributed by atoms with Crippen molar-refractivity contribution < 1.29 is 4.79 Å². The molecule has 0 atom stereocenters. The Labute approximate surface area is 124 Å². The van der Waals surface area contributed by atoms with Gasteiger partial charge < -0.3 is 4.90 Å². The van der Waals surface area contributed by atoms with Gasteiger partial charge in [0.2, 0.25) is 5.91 Å². The zero-order chi connectivity index (χ0) is 13.8. The highest BCUT2D eigenvalue weighted by molar-refractivity contribution is 9.09. The number of carbonyl (C=O) groups excluding carboxylic acids is 1. The number of amides is 1. The molecule has 1 saturated heterocycles. The van der Waals surface area contributed by atoms with Crippen LogP contribution >= 0.6 is 15.9 Å². The number of hydrogen-bond acceptors (Lipinski definition) is 1. The quantitative estimate of drug-likeness (QED) is 0.780. The Morgan fingerprint density at radius 2 is 1.95 bits per heavy atom. The molecule has 1 fully saturated rings. The summed E-state index contributed by atoms with van der Waals surface area (Å²) in [5, 5.41) is 1.06. The standard InChI is InChI=1S/C16H22BrNO/c1-12-3-4-15(9-13(12)2)10-16(19)18-7-5-14(11-17)6-8-18/h3-4,9,14H,5-8,10-11H2,1-2H3. The second-order valence-corrected chi connectivity index (χ2v) is 6.22. The van der Waals surface area contributed by atoms with Gasteiger partial charge in [0.05, 0.1) is 6.42 Å². The van der Waals surface area contributed by atoms with E-state index in [-0.39, 0.29) is 5.91 Å². The zero-order valence-electron chi connectivity index (χ0n) is 11.8. The maximum Gasteiger partial charge on any atom is 0.226 e. The first-order valence-corrected chi connectivity index (χ1v) is 8.12. The van der Waals surface area contributed by atoms with Crippen LogP contribution in [-0.4, -0.2) is 29.2 Å². The van der Waals surface area contributed by atoms with Gasteiger partial charge in [-0.05, 0) is 49.3 Å². The van der Waals surface area contributed by atoms with Crippen molar-refractivity contribution in [2.75, 3.05) is 18.4 Å². The van der Waals surface area contributed by atoms with E-state index < -0.39 is 0 Å². The molecular formula is C16H22BrNO. The van der Waals surface area contributed by atoms with Crippen LogP contribution in [0.3, 0.4) is 0 Å². The van der Waals surface area contributed by atoms with E-state index in [1.807, 2.05) is 4.90 Å². The molecule has 0 bridgehead atoms. The molecule has 1 aliphatic rings. The Kier molecular flexibility index (Phi) is 5.03. The van der Waals surface area contributed by atoms with Crippen LogP contribution in [-0.2, 0) is 11.2 Å². The molecule has 2 nitrogen and oxygen atoms in total. The Bertz CT molecular complexity index is 450. The van der Waals surface area contributed by atoms with E-state index in [2.05, 4.69) is 48.0 Å². The normalized spacial score (nSPS) is 16.7. The third-order valence-corrected chi connectivity index (χ3v) is 5.03. The molecule has 0 radical (unpaired) electrons. The van der Waals surface area contributed by atoms with Gasteiger partial charge in [0, 0.05) is 18.4 Å². The minimum Gasteiger partial charge on any atom is -0.342 e. The van der Waals surface area contributed by atoms with Gasteiger partial charge in [-0.25, -0.2) is 0 Å². The molecule has 0 spiro atoms. The first-order chi connectivity index (χ1) is 9.10. The summed E-state index contributed by atoms with van der Waals surface area (Å²) in [6.45, 7) is 6.04. The molecule has 104 valence electrons. The van der Waals surface area contributed by atoms with Crippen LogP contribution in [0.5, 0.6) is 0 Å². The maximum atomic E-state index is 12.3. The molecule has 0 aliphatic carbocycles. The lowest BCUT2D eigenvalue weighted by Crippen LogP contribution is -2.39. The zero-order valence-corrected chi connectivity index (χ0v) is 13.4. The minimum atomic E-state index is 0.274. The number of piperidine rings is 1. The molecule has 0 saturated carbocycles. The van der Waals surface area contributed by atoms with Gasteiger partial charge in [0.1, 0.15) is 0 Å². The van der Waals surface area contributed by atoms with Crippen LogP contribution in [0.4, 0.5) is 0 Å². The van der Waals surface area contributed by atoms with Crippen molar-refractivity contribution >= 4 is 21.8 Å². The number of alkyl halides is 1. The predicted molar refractivity (Wildman–Crippen MR) is 82.7 cm³/mol. The van der Waals surface area contributed by atoms with Crippen molar-refractivity contribution in [3.8, 4) is 0 Å². The fourth-order valence-electron chi connectivity index (χ4n) is 2.54. The number of rotatable bonds is 3. The van der Waals surface area contributed by atoms with Gasteiger partial charge in [-0.3, -0.25) is 4.79 Å². The summed E-state index contributed by atoms with van der Waals surface area (Å²) in [6.07, 6.45) is 2.80. The third kappa shape index (κ3) is 3.82. The smallest absolute Gasteiger partial charge is 0.226 e. The molecule has 3 heteroatoms. The Hall–Kier alpha value is -0.830. The maximum absolute atomic E-state index is 12.3. The summed E-state index contributed by atoms with van der Waals surface area (Å²) in [5.74, 6) is 1.02. The highest BCUT2D eigenvalue weighted by Gasteiger charge is 2.21. The van der Waals surface area contributed by atoms with E-state index in [9.17, 15) is 4.79 Å². The van der Waals surface area contributed by atoms with Crippen LogP contribution in [0.1, 0.15) is 29.5 Å². The molecule has 19 heavy (non-hydrogen) atoms. The van der Waals surface area contributed by atoms with E-state index in [4.69, 9.17) is 0 Å². The van der Waals surface area contributed by atoms with E-state index in [1.165, 1.54) is 11.1 Å². The highest BCUT2D eigenvalue weighted by Crippen LogP contribution is 2.20. The number of benzene rings is 1. The Balaban J connectivity index is 1.92. The fraction of sp³-hybridized carbons (Fsp3) is 0.562. The van der Waals surface area contributed by atoms with Crippen molar-refractivity contribution in [3.63, 3.8) is 0 Å². The van der Waals surface area contributed by atoms with Crippen molar-refractivity contribution in [1.82, 2.24) is 4.90 Å². The summed E-state index contributed by atoms with van der Waals surface area (Å²) in [4.78, 5) is 14.3. The first-order valence-electron chi connectivity index (χ1n) is 7.00. The number of carbonyl (C=O) groups is 1. The van der Waals surface area contributed by atoms with E-state index in [1.54, 1.807) is 0 Å². The van der Waals surface area contributed by atoms with Gasteiger partial charge in [-0.2, -0.15) is 0 Å². The molecule has 0 aromatic heterocycles. The van der Waals surface area contributed by atoms with E-state index in [0.717, 1.165) is 42.7 Å². The molecule has 1 aromatic carbocycles. The largest absolute Gasteiger partial charge is 0.342 e. The van der Waals surface area contributed by atoms with Crippen LogP contribution in [0.2, 0.25) is 0 Å². The predicted octanol–water partition coefficient (Wildman–Crippen LogP) is 3.48. The lowest BCUT2D eigenvalue weighted by Gasteiger charge is -2.31. The summed E-state index contributed by atoms with van der Waals surface area (Å²) in [6, 6.07) is 6.32. The van der Waals surface area contributed by atoms with Crippen molar-refractivity contribution in [3.05, 3.63) is 34.9 Å². The van der Waals surface area contributed by atoms with Crippen molar-refractivity contribution in [1.29, 1.82) is 0 Å². The summed E-state index contributed by atoms with van der Waals surface area (Å²) in [7, 11) is 0. The van der Waals surface area contributed by atoms with Gasteiger partial charge >= 0.3 is 0 Å². The minimum absolute atomic E-state index is 0.274. The topological polar surface area (TPSA) is 20.3 Å². The SMILES string of the molecule is Cc1ccc(CC(=O)N2CCC(CBr)CC2)cc1C. The average Bonchev–Trinajstić information content (AvgIpc) is 2.43. The lowest BCUT2D eigenvalue weighted by atomic mass is 9.98. The van der Waals surface area contributed by atoms with Crippen molar-refractivity contribution in [2.45, 2.75) is 33.1 Å². The molecular weight excluding hydrogens is 302 g/mol. The van der Waals surface area contributed by atoms with E-state index >= 15 is 0 Å². The third-order valence-electron chi connectivity index (χ3n) is 4.11. The molecule has 0 N–H and O–H groups in total. The number of likely N-dealkylation sites (tertiary alicyclic amines) is 1. The van der Waals surface area contributed by atoms with Gasteiger partial charge in [-0.15, -0.1) is 0 Å². The second kappa shape index (κ2) is 6.56. The lowest BCUT2D eigenvalue weighted by molar-refractivity contribution is -0.131. The molecule has 1 heterocycles. The number of hydrogen-bond donors (Lipinski definition) is 0. The summed E-state index contributed by atoms with van der Waals surface area (Å²) >= 11 is 3.53. The fourth-order valence-corrected chi connectivity index (χ4v) is 3.18. The van der Waals surface area contributed by atoms with Gasteiger partial charge in [-0.1, -0.05) is 34.1 Å². The Morgan fingerprint density at radius 3 is 2.53 bits per heavy atom. The van der Waals surface area contributed by atoms with E-state index in [0.29, 0.717) is 6.42 Å². The van der Waals surface area contributed by atoms with Crippen LogP contribution in [0, 0.1) is 19.8 Å². The van der Waals surface area contributed by atoms with Crippen LogP contribution < -0.4 is 0 Å².